The van der Waals surface area contributed by atoms with E-state index in [9.17, 15) is 0 Å². The quantitative estimate of drug-likeness (QED) is 0.134. The lowest BCUT2D eigenvalue weighted by atomic mass is 9.69. The lowest BCUT2D eigenvalue weighted by Crippen LogP contribution is -2.26. The summed E-state index contributed by atoms with van der Waals surface area (Å²) in [6, 6.07) is 43.3. The number of nitrogens with zero attached hydrogens (tertiary/aromatic N) is 4. The molecule has 0 saturated carbocycles. The van der Waals surface area contributed by atoms with E-state index in [0.717, 1.165) is 35.0 Å². The number of fused-ring (bicyclic) bond motifs is 7. The van der Waals surface area contributed by atoms with Crippen molar-refractivity contribution < 1.29 is 0 Å². The molecule has 48 heavy (non-hydrogen) atoms. The number of hydrogen-bond acceptors (Lipinski definition) is 3. The third-order valence-electron chi connectivity index (χ3n) is 10.4. The molecule has 0 unspecified atom stereocenters. The molecule has 4 nitrogen and oxygen atoms in total. The van der Waals surface area contributed by atoms with E-state index < -0.39 is 0 Å². The molecule has 2 aromatic heterocycles. The van der Waals surface area contributed by atoms with Crippen molar-refractivity contribution in [2.24, 2.45) is 0 Å². The van der Waals surface area contributed by atoms with E-state index in [1.54, 1.807) is 0 Å². The van der Waals surface area contributed by atoms with Crippen LogP contribution in [-0.4, -0.2) is 19.5 Å². The van der Waals surface area contributed by atoms with E-state index in [1.807, 2.05) is 36.4 Å². The van der Waals surface area contributed by atoms with Crippen LogP contribution in [0.4, 0.5) is 0 Å². The van der Waals surface area contributed by atoms with Crippen molar-refractivity contribution in [1.29, 1.82) is 0 Å². The van der Waals surface area contributed by atoms with Gasteiger partial charge in [-0.1, -0.05) is 162 Å². The van der Waals surface area contributed by atoms with Crippen molar-refractivity contribution in [2.45, 2.75) is 70.6 Å². The summed E-state index contributed by atoms with van der Waals surface area (Å²) in [4.78, 5) is 15.4. The van der Waals surface area contributed by atoms with Gasteiger partial charge in [-0.05, 0) is 47.2 Å². The number of benzene rings is 5. The van der Waals surface area contributed by atoms with Crippen molar-refractivity contribution >= 4 is 21.8 Å². The Hall–Kier alpha value is -5.09. The molecule has 5 aromatic carbocycles. The van der Waals surface area contributed by atoms with Gasteiger partial charge in [-0.2, -0.15) is 9.97 Å². The van der Waals surface area contributed by atoms with Crippen LogP contribution in [0.3, 0.4) is 0 Å². The highest BCUT2D eigenvalue weighted by molar-refractivity contribution is 6.14. The summed E-state index contributed by atoms with van der Waals surface area (Å²) in [6.07, 6.45) is 9.70. The molecule has 4 heteroatoms. The Morgan fingerprint density at radius 2 is 1.10 bits per heavy atom. The van der Waals surface area contributed by atoms with Gasteiger partial charge in [-0.25, -0.2) is 4.98 Å². The zero-order valence-corrected chi connectivity index (χ0v) is 28.0. The second-order valence-electron chi connectivity index (χ2n) is 13.3. The van der Waals surface area contributed by atoms with Gasteiger partial charge in [-0.15, -0.1) is 0 Å². The molecular weight excluding hydrogens is 585 g/mol. The minimum Gasteiger partial charge on any atom is -0.278 e. The Morgan fingerprint density at radius 1 is 0.521 bits per heavy atom. The summed E-state index contributed by atoms with van der Waals surface area (Å²) in [5, 5.41) is 2.60. The zero-order valence-electron chi connectivity index (χ0n) is 28.0. The van der Waals surface area contributed by atoms with Crippen LogP contribution in [0.1, 0.15) is 76.3 Å². The van der Waals surface area contributed by atoms with Crippen LogP contribution in [0.25, 0.3) is 61.7 Å². The van der Waals surface area contributed by atoms with E-state index >= 15 is 0 Å². The molecule has 2 heterocycles. The first-order chi connectivity index (χ1) is 23.7. The Kier molecular flexibility index (Phi) is 8.09. The molecule has 0 amide bonds. The smallest absolute Gasteiger partial charge is 0.238 e. The van der Waals surface area contributed by atoms with Gasteiger partial charge in [0.1, 0.15) is 0 Å². The molecule has 0 aliphatic heterocycles. The number of hydrogen-bond donors (Lipinski definition) is 0. The van der Waals surface area contributed by atoms with Gasteiger partial charge in [0.2, 0.25) is 5.95 Å². The highest BCUT2D eigenvalue weighted by Gasteiger charge is 2.44. The minimum absolute atomic E-state index is 0.0335. The minimum atomic E-state index is -0.0335. The second kappa shape index (κ2) is 12.8. The fourth-order valence-corrected chi connectivity index (χ4v) is 8.16. The van der Waals surface area contributed by atoms with Gasteiger partial charge in [0, 0.05) is 27.3 Å². The molecule has 0 saturated heterocycles. The lowest BCUT2D eigenvalue weighted by molar-refractivity contribution is 0.408. The standard InChI is InChI=1S/C44H42N4/c1-3-5-17-29-44(30-18-6-4-2)36-25-15-13-23-33(36)34-27-28-38-39(40(34)44)35-24-14-16-26-37(35)48(38)43-46-41(31-19-9-7-10-20-31)45-42(47-43)32-21-11-8-12-22-32/h7-16,19-28H,3-6,17-18,29-30H2,1-2H3. The molecule has 0 radical (unpaired) electrons. The first-order valence-electron chi connectivity index (χ1n) is 17.8. The number of para-hydroxylation sites is 1. The van der Waals surface area contributed by atoms with Crippen molar-refractivity contribution in [2.75, 3.05) is 0 Å². The first kappa shape index (κ1) is 30.3. The summed E-state index contributed by atoms with van der Waals surface area (Å²) in [5.41, 5.74) is 9.99. The SMILES string of the molecule is CCCCCC1(CCCCC)c2ccccc2-c2ccc3c(c21)c1ccccc1n3-c1nc(-c2ccccc2)nc(-c2ccccc2)n1. The van der Waals surface area contributed by atoms with Crippen LogP contribution in [0.2, 0.25) is 0 Å². The second-order valence-corrected chi connectivity index (χ2v) is 13.3. The fraction of sp³-hybridized carbons (Fsp3) is 0.250. The fourth-order valence-electron chi connectivity index (χ4n) is 8.16. The van der Waals surface area contributed by atoms with Gasteiger partial charge in [0.15, 0.2) is 11.6 Å². The molecule has 1 aliphatic carbocycles. The van der Waals surface area contributed by atoms with Gasteiger partial charge < -0.3 is 0 Å². The Bertz CT molecular complexity index is 2150. The van der Waals surface area contributed by atoms with Crippen LogP contribution in [0, 0.1) is 0 Å². The molecule has 7 aromatic rings. The summed E-state index contributed by atoms with van der Waals surface area (Å²) in [5.74, 6) is 1.99. The van der Waals surface area contributed by atoms with E-state index in [1.165, 1.54) is 71.6 Å². The van der Waals surface area contributed by atoms with Crippen molar-refractivity contribution in [3.8, 4) is 39.9 Å². The van der Waals surface area contributed by atoms with E-state index in [4.69, 9.17) is 15.0 Å². The average Bonchev–Trinajstić information content (AvgIpc) is 3.63. The first-order valence-corrected chi connectivity index (χ1v) is 17.8. The van der Waals surface area contributed by atoms with E-state index in [-0.39, 0.29) is 5.41 Å². The largest absolute Gasteiger partial charge is 0.278 e. The normalized spacial score (nSPS) is 13.2. The third-order valence-corrected chi connectivity index (χ3v) is 10.4. The topological polar surface area (TPSA) is 43.6 Å². The number of aromatic nitrogens is 4. The van der Waals surface area contributed by atoms with Gasteiger partial charge in [-0.3, -0.25) is 4.57 Å². The Morgan fingerprint density at radius 3 is 1.75 bits per heavy atom. The lowest BCUT2D eigenvalue weighted by Gasteiger charge is -2.33. The highest BCUT2D eigenvalue weighted by Crippen LogP contribution is 2.57. The van der Waals surface area contributed by atoms with Gasteiger partial charge >= 0.3 is 0 Å². The molecule has 238 valence electrons. The molecule has 0 N–H and O–H groups in total. The summed E-state index contributed by atoms with van der Waals surface area (Å²) < 4.78 is 2.29. The van der Waals surface area contributed by atoms with Crippen LogP contribution in [0.15, 0.2) is 121 Å². The predicted octanol–water partition coefficient (Wildman–Crippen LogP) is 11.7. The maximum absolute atomic E-state index is 5.20. The van der Waals surface area contributed by atoms with Gasteiger partial charge in [0.05, 0.1) is 11.0 Å². The van der Waals surface area contributed by atoms with Crippen LogP contribution in [-0.2, 0) is 5.41 Å². The highest BCUT2D eigenvalue weighted by atomic mass is 15.2. The third kappa shape index (κ3) is 5.02. The summed E-state index contributed by atoms with van der Waals surface area (Å²) in [6.45, 7) is 4.63. The van der Waals surface area contributed by atoms with Crippen LogP contribution < -0.4 is 0 Å². The van der Waals surface area contributed by atoms with Crippen molar-refractivity contribution in [3.63, 3.8) is 0 Å². The summed E-state index contributed by atoms with van der Waals surface area (Å²) >= 11 is 0. The van der Waals surface area contributed by atoms with Crippen molar-refractivity contribution in [3.05, 3.63) is 132 Å². The van der Waals surface area contributed by atoms with E-state index in [0.29, 0.717) is 17.6 Å². The zero-order chi connectivity index (χ0) is 32.5. The molecule has 0 atom stereocenters. The monoisotopic (exact) mass is 626 g/mol. The molecule has 0 bridgehead atoms. The van der Waals surface area contributed by atoms with Crippen LogP contribution in [0.5, 0.6) is 0 Å². The Balaban J connectivity index is 1.44. The molecule has 0 spiro atoms. The summed E-state index contributed by atoms with van der Waals surface area (Å²) in [7, 11) is 0. The Labute approximate surface area is 283 Å². The maximum atomic E-state index is 5.20. The molecule has 8 rings (SSSR count). The maximum Gasteiger partial charge on any atom is 0.238 e. The molecule has 0 fully saturated rings. The molecular formula is C44H42N4. The van der Waals surface area contributed by atoms with Gasteiger partial charge in [0.25, 0.3) is 0 Å². The van der Waals surface area contributed by atoms with Crippen molar-refractivity contribution in [1.82, 2.24) is 19.5 Å². The number of rotatable bonds is 11. The predicted molar refractivity (Wildman–Crippen MR) is 200 cm³/mol. The van der Waals surface area contributed by atoms with E-state index in [2.05, 4.69) is 103 Å². The average molecular weight is 627 g/mol. The van der Waals surface area contributed by atoms with Crippen LogP contribution >= 0.6 is 0 Å². The molecule has 1 aliphatic rings. The number of unbranched alkanes of at least 4 members (excludes halogenated alkanes) is 4.